The van der Waals surface area contributed by atoms with Gasteiger partial charge in [-0.3, -0.25) is 9.59 Å². The number of methoxy groups -OCH3 is 1. The van der Waals surface area contributed by atoms with Crippen molar-refractivity contribution in [3.8, 4) is 11.8 Å². The summed E-state index contributed by atoms with van der Waals surface area (Å²) in [6.45, 7) is 2.33. The molecule has 17 heteroatoms. The minimum Gasteiger partial charge on any atom is -0.497 e. The molecule has 2 amide bonds. The fourth-order valence-corrected chi connectivity index (χ4v) is 4.92. The molecule has 0 atom stereocenters. The van der Waals surface area contributed by atoms with Gasteiger partial charge in [-0.05, 0) is 78.4 Å². The fourth-order valence-electron chi connectivity index (χ4n) is 4.80. The number of anilines is 5. The molecular formula is C34H35ClF4N8O4. The monoisotopic (exact) mass is 730 g/mol. The summed E-state index contributed by atoms with van der Waals surface area (Å²) < 4.78 is 63.9. The summed E-state index contributed by atoms with van der Waals surface area (Å²) in [5, 5.41) is 14.6. The number of hydrogen-bond acceptors (Lipinski definition) is 10. The first-order chi connectivity index (χ1) is 24.1. The molecule has 0 radical (unpaired) electrons. The minimum absolute atomic E-state index is 0.0385. The van der Waals surface area contributed by atoms with Crippen LogP contribution in [0.15, 0.2) is 66.7 Å². The Balaban J connectivity index is 1.20. The zero-order valence-electron chi connectivity index (χ0n) is 27.8. The number of ether oxygens (including phenoxy) is 2. The van der Waals surface area contributed by atoms with E-state index in [2.05, 4.69) is 41.5 Å². The Kier molecular flexibility index (Phi) is 11.0. The summed E-state index contributed by atoms with van der Waals surface area (Å²) in [7, 11) is 1.51. The van der Waals surface area contributed by atoms with Crippen molar-refractivity contribution >= 4 is 52.4 Å². The molecule has 1 aromatic heterocycles. The van der Waals surface area contributed by atoms with E-state index in [-0.39, 0.29) is 36.4 Å². The second-order valence-corrected chi connectivity index (χ2v) is 13.0. The van der Waals surface area contributed by atoms with Crippen LogP contribution in [-0.2, 0) is 15.1 Å². The van der Waals surface area contributed by atoms with E-state index in [4.69, 9.17) is 21.1 Å². The van der Waals surface area contributed by atoms with Crippen molar-refractivity contribution < 1.29 is 36.6 Å². The van der Waals surface area contributed by atoms with Crippen LogP contribution in [0.2, 0.25) is 5.02 Å². The molecule has 1 heterocycles. The highest BCUT2D eigenvalue weighted by Crippen LogP contribution is 2.48. The Morgan fingerprint density at radius 3 is 2.18 bits per heavy atom. The molecule has 3 aromatic carbocycles. The summed E-state index contributed by atoms with van der Waals surface area (Å²) in [5.41, 5.74) is 0.503. The lowest BCUT2D eigenvalue weighted by atomic mass is 9.93. The maximum atomic E-state index is 15.2. The predicted octanol–water partition coefficient (Wildman–Crippen LogP) is 6.65. The van der Waals surface area contributed by atoms with Crippen LogP contribution >= 0.6 is 11.6 Å². The van der Waals surface area contributed by atoms with Gasteiger partial charge in [0.2, 0.25) is 11.9 Å². The average Bonchev–Trinajstić information content (AvgIpc) is 3.86. The zero-order chi connectivity index (χ0) is 36.8. The second kappa shape index (κ2) is 15.2. The smallest absolute Gasteiger partial charge is 0.422 e. The van der Waals surface area contributed by atoms with Gasteiger partial charge in [0.05, 0.1) is 18.3 Å². The van der Waals surface area contributed by atoms with Crippen molar-refractivity contribution in [2.75, 3.05) is 48.1 Å². The minimum atomic E-state index is -4.63. The van der Waals surface area contributed by atoms with E-state index in [1.54, 1.807) is 36.4 Å². The molecule has 270 valence electrons. The Bertz CT molecular complexity index is 1860. The molecule has 1 saturated carbocycles. The number of benzene rings is 3. The number of halogens is 5. The highest BCUT2D eigenvalue weighted by molar-refractivity contribution is 6.39. The van der Waals surface area contributed by atoms with Crippen molar-refractivity contribution in [3.05, 3.63) is 83.1 Å². The van der Waals surface area contributed by atoms with Gasteiger partial charge in [0.25, 0.3) is 0 Å². The molecule has 51 heavy (non-hydrogen) atoms. The van der Waals surface area contributed by atoms with Crippen LogP contribution in [0.4, 0.5) is 46.5 Å². The standard InChI is InChI=1S/C34H35ClF4N8O4/c1-32(2,18-41-27(48)28(49)42-22-8-11-24(50-3)12-9-22)17-40-26-13-10-23(16-25(26)36)43-29-44-30(46-31(45-29)51-19-34(37,38)39)47-33(14-15-33)20-4-6-21(35)7-5-20/h4-13,16,40H,14-15,17-19H2,1-3H3,(H,41,48)(H,42,49)(H2,43,44,45,46,47). The Morgan fingerprint density at radius 2 is 1.55 bits per heavy atom. The highest BCUT2D eigenvalue weighted by atomic mass is 35.5. The quantitative estimate of drug-likeness (QED) is 0.0705. The Hall–Kier alpha value is -5.38. The summed E-state index contributed by atoms with van der Waals surface area (Å²) in [6.07, 6.45) is -3.21. The van der Waals surface area contributed by atoms with Gasteiger partial charge >= 0.3 is 24.0 Å². The summed E-state index contributed by atoms with van der Waals surface area (Å²) in [5.74, 6) is -1.94. The van der Waals surface area contributed by atoms with Gasteiger partial charge in [-0.15, -0.1) is 0 Å². The molecule has 12 nitrogen and oxygen atoms in total. The van der Waals surface area contributed by atoms with E-state index >= 15 is 4.39 Å². The molecule has 5 N–H and O–H groups in total. The number of carbonyl (C=O) groups excluding carboxylic acids is 2. The number of rotatable bonds is 14. The molecule has 0 saturated heterocycles. The van der Waals surface area contributed by atoms with E-state index in [1.807, 2.05) is 26.0 Å². The zero-order valence-corrected chi connectivity index (χ0v) is 28.5. The normalized spacial score (nSPS) is 13.5. The third-order valence-corrected chi connectivity index (χ3v) is 7.99. The largest absolute Gasteiger partial charge is 0.497 e. The molecule has 0 unspecified atom stereocenters. The van der Waals surface area contributed by atoms with Gasteiger partial charge < -0.3 is 36.1 Å². The first kappa shape index (κ1) is 36.9. The van der Waals surface area contributed by atoms with E-state index in [9.17, 15) is 22.8 Å². The van der Waals surface area contributed by atoms with Gasteiger partial charge in [-0.25, -0.2) is 4.39 Å². The van der Waals surface area contributed by atoms with E-state index in [0.29, 0.717) is 29.3 Å². The van der Waals surface area contributed by atoms with Crippen LogP contribution in [0.5, 0.6) is 11.8 Å². The lowest BCUT2D eigenvalue weighted by Gasteiger charge is -2.26. The number of hydrogen-bond donors (Lipinski definition) is 5. The lowest BCUT2D eigenvalue weighted by molar-refractivity contribution is -0.154. The highest BCUT2D eigenvalue weighted by Gasteiger charge is 2.45. The number of nitrogens with one attached hydrogen (secondary N) is 5. The summed E-state index contributed by atoms with van der Waals surface area (Å²) in [4.78, 5) is 37.0. The van der Waals surface area contributed by atoms with E-state index in [0.717, 1.165) is 11.6 Å². The van der Waals surface area contributed by atoms with Crippen LogP contribution < -0.4 is 36.1 Å². The van der Waals surface area contributed by atoms with Crippen molar-refractivity contribution in [3.63, 3.8) is 0 Å². The van der Waals surface area contributed by atoms with E-state index in [1.165, 1.54) is 19.2 Å². The second-order valence-electron chi connectivity index (χ2n) is 12.6. The van der Waals surface area contributed by atoms with Gasteiger partial charge in [-0.2, -0.15) is 28.1 Å². The van der Waals surface area contributed by atoms with Crippen LogP contribution in [0.3, 0.4) is 0 Å². The van der Waals surface area contributed by atoms with Crippen LogP contribution in [0.25, 0.3) is 0 Å². The van der Waals surface area contributed by atoms with E-state index < -0.39 is 47.4 Å². The molecule has 0 aliphatic heterocycles. The molecule has 1 aliphatic rings. The third kappa shape index (κ3) is 10.6. The molecule has 1 aliphatic carbocycles. The first-order valence-corrected chi connectivity index (χ1v) is 16.0. The third-order valence-electron chi connectivity index (χ3n) is 7.74. The van der Waals surface area contributed by atoms with Crippen LogP contribution in [0, 0.1) is 11.2 Å². The van der Waals surface area contributed by atoms with Crippen molar-refractivity contribution in [1.29, 1.82) is 0 Å². The molecular weight excluding hydrogens is 696 g/mol. The molecule has 0 spiro atoms. The number of aromatic nitrogens is 3. The van der Waals surface area contributed by atoms with Crippen LogP contribution in [-0.4, -0.2) is 59.7 Å². The number of alkyl halides is 3. The molecule has 5 rings (SSSR count). The first-order valence-electron chi connectivity index (χ1n) is 15.7. The molecule has 4 aromatic rings. The van der Waals surface area contributed by atoms with Gasteiger partial charge in [0.15, 0.2) is 6.61 Å². The number of carbonyl (C=O) groups is 2. The number of nitrogens with zero attached hydrogens (tertiary/aromatic N) is 3. The lowest BCUT2D eigenvalue weighted by Crippen LogP contribution is -2.42. The van der Waals surface area contributed by atoms with Crippen LogP contribution in [0.1, 0.15) is 32.3 Å². The van der Waals surface area contributed by atoms with Gasteiger partial charge in [0, 0.05) is 29.5 Å². The topological polar surface area (TPSA) is 151 Å². The maximum absolute atomic E-state index is 15.2. The fraction of sp³-hybridized carbons (Fsp3) is 0.324. The Morgan fingerprint density at radius 1 is 0.882 bits per heavy atom. The summed E-state index contributed by atoms with van der Waals surface area (Å²) in [6, 6.07) is 17.2. The maximum Gasteiger partial charge on any atom is 0.422 e. The van der Waals surface area contributed by atoms with Gasteiger partial charge in [-0.1, -0.05) is 37.6 Å². The van der Waals surface area contributed by atoms with Gasteiger partial charge in [0.1, 0.15) is 11.6 Å². The predicted molar refractivity (Wildman–Crippen MR) is 184 cm³/mol. The SMILES string of the molecule is COc1ccc(NC(=O)C(=O)NCC(C)(C)CNc2ccc(Nc3nc(NC4(c5ccc(Cl)cc5)CC4)nc(OCC(F)(F)F)n3)cc2F)cc1. The molecule has 1 fully saturated rings. The Labute approximate surface area is 295 Å². The van der Waals surface area contributed by atoms with Crippen molar-refractivity contribution in [2.45, 2.75) is 38.4 Å². The summed E-state index contributed by atoms with van der Waals surface area (Å²) >= 11 is 6.02. The number of amides is 2. The van der Waals surface area contributed by atoms with Crippen molar-refractivity contribution in [2.24, 2.45) is 5.41 Å². The molecule has 0 bridgehead atoms. The average molecular weight is 731 g/mol. The van der Waals surface area contributed by atoms with Crippen molar-refractivity contribution in [1.82, 2.24) is 20.3 Å².